The maximum absolute atomic E-state index is 13.1. The summed E-state index contributed by atoms with van der Waals surface area (Å²) in [5.74, 6) is -0.0357. The van der Waals surface area contributed by atoms with E-state index >= 15 is 0 Å². The summed E-state index contributed by atoms with van der Waals surface area (Å²) in [5.41, 5.74) is 0.362. The fourth-order valence-electron chi connectivity index (χ4n) is 1.65. The minimum absolute atomic E-state index is 0.154. The third-order valence-corrected chi connectivity index (χ3v) is 4.29. The summed E-state index contributed by atoms with van der Waals surface area (Å²) in [5, 5.41) is 8.05. The maximum atomic E-state index is 13.1. The van der Waals surface area contributed by atoms with Gasteiger partial charge in [-0.25, -0.2) is 4.39 Å². The Labute approximate surface area is 111 Å². The molecular weight excluding hydrogens is 309 g/mol. The highest BCUT2D eigenvalue weighted by molar-refractivity contribution is 9.10. The van der Waals surface area contributed by atoms with Crippen molar-refractivity contribution in [2.75, 3.05) is 6.54 Å². The molecule has 0 aliphatic heterocycles. The Kier molecular flexibility index (Phi) is 4.09. The van der Waals surface area contributed by atoms with Crippen LogP contribution in [0.4, 0.5) is 4.39 Å². The number of nitrogens with one attached hydrogen (secondary N) is 1. The molecule has 1 N–H and O–H groups in total. The van der Waals surface area contributed by atoms with Crippen LogP contribution in [0.25, 0.3) is 0 Å². The average molecular weight is 322 g/mol. The molecule has 2 rings (SSSR count). The molecule has 1 aromatic rings. The van der Waals surface area contributed by atoms with Crippen LogP contribution in [0, 0.1) is 5.92 Å². The lowest BCUT2D eigenvalue weighted by molar-refractivity contribution is 0.0948. The predicted molar refractivity (Wildman–Crippen MR) is 67.0 cm³/mol. The van der Waals surface area contributed by atoms with E-state index < -0.39 is 4.58 Å². The normalized spacial score (nSPS) is 26.8. The highest BCUT2D eigenvalue weighted by Crippen LogP contribution is 2.54. The monoisotopic (exact) mass is 321 g/mol. The Hall–Kier alpha value is -0.560. The second-order valence-corrected chi connectivity index (χ2v) is 6.13. The molecule has 1 aromatic heterocycles. The molecule has 1 aliphatic rings. The van der Waals surface area contributed by atoms with Gasteiger partial charge in [-0.2, -0.15) is 0 Å². The Morgan fingerprint density at radius 3 is 3.06 bits per heavy atom. The summed E-state index contributed by atoms with van der Waals surface area (Å²) in [6.45, 7) is 0.602. The van der Waals surface area contributed by atoms with Crippen molar-refractivity contribution in [3.63, 3.8) is 0 Å². The van der Waals surface area contributed by atoms with Crippen LogP contribution >= 0.6 is 27.5 Å². The number of halogens is 2. The van der Waals surface area contributed by atoms with Crippen molar-refractivity contribution in [1.82, 2.24) is 14.9 Å². The van der Waals surface area contributed by atoms with Gasteiger partial charge in [-0.05, 0) is 46.7 Å². The van der Waals surface area contributed by atoms with Crippen molar-refractivity contribution >= 4 is 33.4 Å². The van der Waals surface area contributed by atoms with E-state index in [1.54, 1.807) is 5.38 Å². The van der Waals surface area contributed by atoms with E-state index in [0.717, 1.165) is 30.8 Å². The molecule has 0 aromatic carbocycles. The molecule has 4 nitrogen and oxygen atoms in total. The molecule has 0 spiro atoms. The summed E-state index contributed by atoms with van der Waals surface area (Å²) in [4.78, 5) is 11.4. The Morgan fingerprint density at radius 2 is 2.47 bits per heavy atom. The summed E-state index contributed by atoms with van der Waals surface area (Å²) in [6, 6.07) is 0. The number of rotatable bonds is 6. The molecule has 1 heterocycles. The van der Waals surface area contributed by atoms with Crippen molar-refractivity contribution in [1.29, 1.82) is 0 Å². The van der Waals surface area contributed by atoms with Gasteiger partial charge in [0.25, 0.3) is 5.91 Å². The molecule has 7 heteroatoms. The Morgan fingerprint density at radius 1 is 1.71 bits per heavy atom. The predicted octanol–water partition coefficient (Wildman–Crippen LogP) is 2.52. The fraction of sp³-hybridized carbons (Fsp3) is 0.700. The van der Waals surface area contributed by atoms with Gasteiger partial charge in [-0.3, -0.25) is 4.79 Å². The van der Waals surface area contributed by atoms with Gasteiger partial charge in [0.05, 0.1) is 0 Å². The van der Waals surface area contributed by atoms with Crippen LogP contribution in [0.5, 0.6) is 0 Å². The van der Waals surface area contributed by atoms with Gasteiger partial charge in [0.1, 0.15) is 0 Å². The Bertz CT molecular complexity index is 385. The zero-order chi connectivity index (χ0) is 12.3. The molecule has 0 bridgehead atoms. The molecule has 1 fully saturated rings. The van der Waals surface area contributed by atoms with Gasteiger partial charge in [0.15, 0.2) is 10.3 Å². The van der Waals surface area contributed by atoms with Crippen LogP contribution in [-0.2, 0) is 0 Å². The van der Waals surface area contributed by atoms with Gasteiger partial charge < -0.3 is 5.32 Å². The van der Waals surface area contributed by atoms with E-state index in [0.29, 0.717) is 18.7 Å². The lowest BCUT2D eigenvalue weighted by atomic mass is 10.2. The Balaban J connectivity index is 1.53. The minimum Gasteiger partial charge on any atom is -0.351 e. The first kappa shape index (κ1) is 12.9. The quantitative estimate of drug-likeness (QED) is 0.647. The van der Waals surface area contributed by atoms with Crippen LogP contribution in [0.3, 0.4) is 0 Å². The van der Waals surface area contributed by atoms with Crippen LogP contribution in [-0.4, -0.2) is 26.6 Å². The number of carbonyl (C=O) groups excluding carboxylic acids is 1. The molecule has 17 heavy (non-hydrogen) atoms. The number of amides is 1. The average Bonchev–Trinajstić information content (AvgIpc) is 2.72. The van der Waals surface area contributed by atoms with Crippen LogP contribution in [0.1, 0.15) is 36.2 Å². The van der Waals surface area contributed by atoms with Gasteiger partial charge in [0, 0.05) is 17.8 Å². The molecule has 2 unspecified atom stereocenters. The van der Waals surface area contributed by atoms with Gasteiger partial charge in [-0.15, -0.1) is 5.10 Å². The van der Waals surface area contributed by atoms with E-state index in [4.69, 9.17) is 0 Å². The highest BCUT2D eigenvalue weighted by atomic mass is 79.9. The topological polar surface area (TPSA) is 54.9 Å². The third kappa shape index (κ3) is 3.70. The largest absolute Gasteiger partial charge is 0.351 e. The van der Waals surface area contributed by atoms with Crippen molar-refractivity contribution in [2.24, 2.45) is 5.92 Å². The van der Waals surface area contributed by atoms with E-state index in [1.807, 2.05) is 0 Å². The second kappa shape index (κ2) is 5.39. The molecule has 0 saturated heterocycles. The van der Waals surface area contributed by atoms with Crippen molar-refractivity contribution in [3.05, 3.63) is 11.1 Å². The minimum atomic E-state index is -1.11. The SMILES string of the molecule is O=C(NCCCCC1CC1(F)Br)c1csnn1. The molecule has 1 amide bonds. The number of aromatic nitrogens is 2. The first-order valence-corrected chi connectivity index (χ1v) is 7.15. The van der Waals surface area contributed by atoms with Gasteiger partial charge in [-0.1, -0.05) is 10.9 Å². The standard InChI is InChI=1S/C10H13BrFN3OS/c11-10(12)5-7(10)3-1-2-4-13-9(16)8-6-17-15-14-8/h6-7H,1-5H2,(H,13,16). The molecule has 1 saturated carbocycles. The molecule has 1 aliphatic carbocycles. The van der Waals surface area contributed by atoms with Crippen molar-refractivity contribution < 1.29 is 9.18 Å². The van der Waals surface area contributed by atoms with E-state index in [1.165, 1.54) is 0 Å². The maximum Gasteiger partial charge on any atom is 0.272 e. The molecule has 94 valence electrons. The lowest BCUT2D eigenvalue weighted by Crippen LogP contribution is -2.24. The smallest absolute Gasteiger partial charge is 0.272 e. The first-order chi connectivity index (χ1) is 8.09. The number of alkyl halides is 2. The number of hydrogen-bond donors (Lipinski definition) is 1. The van der Waals surface area contributed by atoms with E-state index in [9.17, 15) is 9.18 Å². The van der Waals surface area contributed by atoms with Gasteiger partial charge >= 0.3 is 0 Å². The number of nitrogens with zero attached hydrogens (tertiary/aromatic N) is 2. The molecule has 0 radical (unpaired) electrons. The third-order valence-electron chi connectivity index (χ3n) is 2.81. The first-order valence-electron chi connectivity index (χ1n) is 5.52. The van der Waals surface area contributed by atoms with E-state index in [-0.39, 0.29) is 11.8 Å². The number of carbonyl (C=O) groups is 1. The second-order valence-electron chi connectivity index (χ2n) is 4.20. The molecular formula is C10H13BrFN3OS. The summed E-state index contributed by atoms with van der Waals surface area (Å²) in [7, 11) is 0. The van der Waals surface area contributed by atoms with Crippen LogP contribution in [0.15, 0.2) is 5.38 Å². The number of unbranched alkanes of at least 4 members (excludes halogenated alkanes) is 1. The zero-order valence-corrected chi connectivity index (χ0v) is 11.6. The van der Waals surface area contributed by atoms with Crippen molar-refractivity contribution in [2.45, 2.75) is 30.3 Å². The van der Waals surface area contributed by atoms with Crippen LogP contribution in [0.2, 0.25) is 0 Å². The van der Waals surface area contributed by atoms with Crippen LogP contribution < -0.4 is 5.32 Å². The van der Waals surface area contributed by atoms with E-state index in [2.05, 4.69) is 30.8 Å². The zero-order valence-electron chi connectivity index (χ0n) is 9.16. The summed E-state index contributed by atoms with van der Waals surface area (Å²) >= 11 is 4.18. The summed E-state index contributed by atoms with van der Waals surface area (Å²) < 4.78 is 15.6. The fourth-order valence-corrected chi connectivity index (χ4v) is 2.71. The van der Waals surface area contributed by atoms with Crippen molar-refractivity contribution in [3.8, 4) is 0 Å². The highest BCUT2D eigenvalue weighted by Gasteiger charge is 2.52. The molecule has 2 atom stereocenters. The lowest BCUT2D eigenvalue weighted by Gasteiger charge is -2.03. The number of hydrogen-bond acceptors (Lipinski definition) is 4. The summed E-state index contributed by atoms with van der Waals surface area (Å²) in [6.07, 6.45) is 3.28. The van der Waals surface area contributed by atoms with Gasteiger partial charge in [0.2, 0.25) is 0 Å².